The van der Waals surface area contributed by atoms with Crippen LogP contribution in [0, 0.1) is 5.92 Å². The lowest BCUT2D eigenvalue weighted by molar-refractivity contribution is -0.141. The minimum Gasteiger partial charge on any atom is -0.490 e. The Hall–Kier alpha value is -1.59. The summed E-state index contributed by atoms with van der Waals surface area (Å²) in [6, 6.07) is 7.60. The zero-order valence-corrected chi connectivity index (χ0v) is 18.2. The predicted molar refractivity (Wildman–Crippen MR) is 117 cm³/mol. The molecule has 0 radical (unpaired) electrons. The van der Waals surface area contributed by atoms with Crippen molar-refractivity contribution in [2.75, 3.05) is 39.4 Å². The molecule has 3 fully saturated rings. The second-order valence-electron chi connectivity index (χ2n) is 9.58. The molecule has 0 aromatic heterocycles. The van der Waals surface area contributed by atoms with Gasteiger partial charge in [0.25, 0.3) is 0 Å². The molecule has 1 amide bonds. The molecule has 1 aromatic carbocycles. The second kappa shape index (κ2) is 9.27. The van der Waals surface area contributed by atoms with Gasteiger partial charge in [0.05, 0.1) is 19.3 Å². The third kappa shape index (κ3) is 4.52. The van der Waals surface area contributed by atoms with E-state index in [4.69, 9.17) is 9.47 Å². The third-order valence-electron chi connectivity index (χ3n) is 7.75. The number of carbonyl (C=O) groups excluding carboxylic acids is 1. The van der Waals surface area contributed by atoms with Gasteiger partial charge in [0, 0.05) is 38.1 Å². The van der Waals surface area contributed by atoms with E-state index in [2.05, 4.69) is 23.1 Å². The number of amides is 1. The van der Waals surface area contributed by atoms with Crippen LogP contribution in [0.1, 0.15) is 56.1 Å². The summed E-state index contributed by atoms with van der Waals surface area (Å²) < 4.78 is 11.8. The van der Waals surface area contributed by atoms with Gasteiger partial charge in [0.15, 0.2) is 0 Å². The van der Waals surface area contributed by atoms with Gasteiger partial charge in [0.1, 0.15) is 5.75 Å². The van der Waals surface area contributed by atoms with E-state index in [0.717, 1.165) is 57.0 Å². The van der Waals surface area contributed by atoms with Crippen LogP contribution >= 0.6 is 0 Å². The molecule has 0 bridgehead atoms. The van der Waals surface area contributed by atoms with E-state index in [1.165, 1.54) is 49.9 Å². The Bertz CT molecular complexity index is 734. The Morgan fingerprint density at radius 1 is 0.900 bits per heavy atom. The van der Waals surface area contributed by atoms with Crippen molar-refractivity contribution < 1.29 is 14.3 Å². The van der Waals surface area contributed by atoms with E-state index >= 15 is 0 Å². The fourth-order valence-corrected chi connectivity index (χ4v) is 5.57. The molecule has 164 valence electrons. The molecule has 2 aliphatic carbocycles. The number of rotatable bonds is 4. The van der Waals surface area contributed by atoms with E-state index in [0.29, 0.717) is 19.1 Å². The highest BCUT2D eigenvalue weighted by atomic mass is 16.5. The van der Waals surface area contributed by atoms with Gasteiger partial charge < -0.3 is 14.4 Å². The van der Waals surface area contributed by atoms with Crippen LogP contribution in [0.2, 0.25) is 0 Å². The highest BCUT2D eigenvalue weighted by Gasteiger charge is 2.31. The number of nitrogens with zero attached hydrogens (tertiary/aromatic N) is 2. The molecule has 0 N–H and O–H groups in total. The molecule has 5 heteroatoms. The molecule has 30 heavy (non-hydrogen) atoms. The Morgan fingerprint density at radius 3 is 2.33 bits per heavy atom. The largest absolute Gasteiger partial charge is 0.490 e. The zero-order chi connectivity index (χ0) is 20.3. The molecule has 0 atom stereocenters. The maximum Gasteiger partial charge on any atom is 0.225 e. The SMILES string of the molecule is O=C([C@H]1CC[C@H](Oc2ccc3c(c2)CCN(C2CCC2)CC3)CC1)N1CCOCC1. The first-order chi connectivity index (χ1) is 14.8. The normalized spacial score (nSPS) is 28.3. The average Bonchev–Trinajstić information content (AvgIpc) is 2.96. The smallest absolute Gasteiger partial charge is 0.225 e. The number of hydrogen-bond donors (Lipinski definition) is 0. The van der Waals surface area contributed by atoms with Gasteiger partial charge in [-0.2, -0.15) is 0 Å². The third-order valence-corrected chi connectivity index (χ3v) is 7.75. The molecule has 0 unspecified atom stereocenters. The number of hydrogen-bond acceptors (Lipinski definition) is 4. The molecular formula is C25H36N2O3. The summed E-state index contributed by atoms with van der Waals surface area (Å²) in [5.74, 6) is 1.53. The van der Waals surface area contributed by atoms with E-state index in [1.54, 1.807) is 0 Å². The van der Waals surface area contributed by atoms with Crippen LogP contribution in [0.3, 0.4) is 0 Å². The fourth-order valence-electron chi connectivity index (χ4n) is 5.57. The van der Waals surface area contributed by atoms with Crippen LogP contribution < -0.4 is 4.74 Å². The summed E-state index contributed by atoms with van der Waals surface area (Å²) in [6.45, 7) is 5.27. The molecule has 4 aliphatic rings. The zero-order valence-electron chi connectivity index (χ0n) is 18.2. The minimum atomic E-state index is 0.174. The molecule has 5 rings (SSSR count). The van der Waals surface area contributed by atoms with Gasteiger partial charge in [0.2, 0.25) is 5.91 Å². The summed E-state index contributed by atoms with van der Waals surface area (Å²) in [5, 5.41) is 0. The summed E-state index contributed by atoms with van der Waals surface area (Å²) in [4.78, 5) is 17.4. The van der Waals surface area contributed by atoms with Crippen LogP contribution in [0.4, 0.5) is 0 Å². The van der Waals surface area contributed by atoms with Crippen molar-refractivity contribution in [1.82, 2.24) is 9.80 Å². The summed E-state index contributed by atoms with van der Waals surface area (Å²) in [6.07, 6.45) is 10.6. The van der Waals surface area contributed by atoms with E-state index in [-0.39, 0.29) is 12.0 Å². The first-order valence-corrected chi connectivity index (χ1v) is 12.2. The van der Waals surface area contributed by atoms with Gasteiger partial charge in [-0.05, 0) is 74.6 Å². The Labute approximate surface area is 180 Å². The average molecular weight is 413 g/mol. The fraction of sp³-hybridized carbons (Fsp3) is 0.720. The monoisotopic (exact) mass is 412 g/mol. The van der Waals surface area contributed by atoms with Gasteiger partial charge in [-0.15, -0.1) is 0 Å². The van der Waals surface area contributed by atoms with Crippen LogP contribution in [0.15, 0.2) is 18.2 Å². The molecular weight excluding hydrogens is 376 g/mol. The van der Waals surface area contributed by atoms with Gasteiger partial charge in [-0.3, -0.25) is 9.69 Å². The molecule has 5 nitrogen and oxygen atoms in total. The van der Waals surface area contributed by atoms with Gasteiger partial charge in [-0.25, -0.2) is 0 Å². The molecule has 1 saturated heterocycles. The van der Waals surface area contributed by atoms with Gasteiger partial charge in [-0.1, -0.05) is 12.5 Å². The minimum absolute atomic E-state index is 0.174. The van der Waals surface area contributed by atoms with Crippen molar-refractivity contribution in [2.24, 2.45) is 5.92 Å². The maximum atomic E-state index is 12.7. The number of carbonyl (C=O) groups is 1. The molecule has 2 saturated carbocycles. The van der Waals surface area contributed by atoms with Crippen LogP contribution in [-0.4, -0.2) is 67.2 Å². The number of benzene rings is 1. The molecule has 1 aromatic rings. The van der Waals surface area contributed by atoms with Crippen molar-refractivity contribution in [2.45, 2.75) is 69.9 Å². The molecule has 2 aliphatic heterocycles. The first-order valence-electron chi connectivity index (χ1n) is 12.2. The van der Waals surface area contributed by atoms with E-state index < -0.39 is 0 Å². The quantitative estimate of drug-likeness (QED) is 0.760. The van der Waals surface area contributed by atoms with Crippen LogP contribution in [0.25, 0.3) is 0 Å². The van der Waals surface area contributed by atoms with Crippen molar-refractivity contribution in [3.8, 4) is 5.75 Å². The summed E-state index contributed by atoms with van der Waals surface area (Å²) in [5.41, 5.74) is 2.98. The second-order valence-corrected chi connectivity index (χ2v) is 9.58. The van der Waals surface area contributed by atoms with Gasteiger partial charge >= 0.3 is 0 Å². The summed E-state index contributed by atoms with van der Waals surface area (Å²) >= 11 is 0. The van der Waals surface area contributed by atoms with Crippen LogP contribution in [0.5, 0.6) is 5.75 Å². The Balaban J connectivity index is 1.13. The first kappa shape index (κ1) is 20.3. The standard InChI is InChI=1S/C25H36N2O3/c28-25(27-14-16-29-17-15-27)20-5-7-23(8-6-20)30-24-9-4-19-10-12-26(22-2-1-3-22)13-11-21(19)18-24/h4,9,18,20,22-23H,1-3,5-8,10-17H2/t20-,23-. The number of fused-ring (bicyclic) bond motifs is 1. The highest BCUT2D eigenvalue weighted by molar-refractivity contribution is 5.79. The lowest BCUT2D eigenvalue weighted by Crippen LogP contribution is -2.45. The Kier molecular flexibility index (Phi) is 6.28. The Morgan fingerprint density at radius 2 is 1.63 bits per heavy atom. The lowest BCUT2D eigenvalue weighted by Gasteiger charge is -2.36. The molecule has 0 spiro atoms. The number of morpholine rings is 1. The van der Waals surface area contributed by atoms with Crippen molar-refractivity contribution in [1.29, 1.82) is 0 Å². The van der Waals surface area contributed by atoms with E-state index in [1.807, 2.05) is 4.90 Å². The molecule has 2 heterocycles. The lowest BCUT2D eigenvalue weighted by atomic mass is 9.86. The summed E-state index contributed by atoms with van der Waals surface area (Å²) in [7, 11) is 0. The van der Waals surface area contributed by atoms with Crippen molar-refractivity contribution >= 4 is 5.91 Å². The predicted octanol–water partition coefficient (Wildman–Crippen LogP) is 3.44. The van der Waals surface area contributed by atoms with Crippen molar-refractivity contribution in [3.05, 3.63) is 29.3 Å². The van der Waals surface area contributed by atoms with Crippen molar-refractivity contribution in [3.63, 3.8) is 0 Å². The van der Waals surface area contributed by atoms with Crippen LogP contribution in [-0.2, 0) is 22.4 Å². The highest BCUT2D eigenvalue weighted by Crippen LogP contribution is 2.32. The maximum absolute atomic E-state index is 12.7. The number of ether oxygens (including phenoxy) is 2. The van der Waals surface area contributed by atoms with E-state index in [9.17, 15) is 4.79 Å². The topological polar surface area (TPSA) is 42.0 Å².